The topological polar surface area (TPSA) is 170 Å². The Balaban J connectivity index is 0.000000234. The fourth-order valence-corrected chi connectivity index (χ4v) is 5.52. The van der Waals surface area contributed by atoms with Gasteiger partial charge in [-0.25, -0.2) is 19.6 Å². The molecule has 0 aliphatic rings. The van der Waals surface area contributed by atoms with Crippen LogP contribution >= 0.6 is 0 Å². The summed E-state index contributed by atoms with van der Waals surface area (Å²) < 4.78 is 119. The molecule has 0 radical (unpaired) electrons. The highest BCUT2D eigenvalue weighted by Gasteiger charge is 2.21. The highest BCUT2D eigenvalue weighted by molar-refractivity contribution is 5.89. The van der Waals surface area contributed by atoms with Crippen molar-refractivity contribution in [2.45, 2.75) is 39.5 Å². The monoisotopic (exact) mass is 874 g/mol. The maximum atomic E-state index is 12.8. The summed E-state index contributed by atoms with van der Waals surface area (Å²) in [5.41, 5.74) is 2.59. The van der Waals surface area contributed by atoms with Gasteiger partial charge in [-0.2, -0.15) is 45.3 Å². The van der Waals surface area contributed by atoms with Gasteiger partial charge in [0.2, 0.25) is 0 Å². The molecule has 14 nitrogen and oxygen atoms in total. The van der Waals surface area contributed by atoms with Crippen molar-refractivity contribution in [3.8, 4) is 23.0 Å². The molecule has 2 heterocycles. The van der Waals surface area contributed by atoms with Gasteiger partial charge < -0.3 is 39.0 Å². The van der Waals surface area contributed by atoms with E-state index in [4.69, 9.17) is 5.11 Å². The second-order valence-electron chi connectivity index (χ2n) is 12.1. The summed E-state index contributed by atoms with van der Waals surface area (Å²) in [5, 5.41) is 26.1. The Hall–Kier alpha value is -7.78. The molecule has 0 bridgehead atoms. The number of rotatable bonds is 18. The number of carboxylic acids is 2. The quantitative estimate of drug-likeness (QED) is 0.0783. The van der Waals surface area contributed by atoms with Crippen molar-refractivity contribution in [1.82, 2.24) is 20.2 Å². The smallest absolute Gasteiger partial charge is 0.387 e. The zero-order chi connectivity index (χ0) is 44.8. The minimum absolute atomic E-state index is 0.0108. The number of ether oxygens (including phenoxy) is 4. The number of benzene rings is 4. The van der Waals surface area contributed by atoms with Gasteiger partial charge in [-0.1, -0.05) is 6.07 Å². The van der Waals surface area contributed by atoms with Crippen molar-refractivity contribution in [3.63, 3.8) is 0 Å². The van der Waals surface area contributed by atoms with Crippen LogP contribution in [0.5, 0.6) is 23.0 Å². The Morgan fingerprint density at radius 3 is 1.50 bits per heavy atom. The molecule has 0 atom stereocenters. The van der Waals surface area contributed by atoms with E-state index in [-0.39, 0.29) is 29.9 Å². The number of anilines is 4. The Labute approximate surface area is 345 Å². The highest BCUT2D eigenvalue weighted by atomic mass is 19.3. The van der Waals surface area contributed by atoms with Crippen LogP contribution in [0.15, 0.2) is 122 Å². The summed E-state index contributed by atoms with van der Waals surface area (Å²) in [4.78, 5) is 33.5. The predicted octanol–water partition coefficient (Wildman–Crippen LogP) is 9.43. The predicted molar refractivity (Wildman–Crippen MR) is 202 cm³/mol. The number of halogens is 8. The van der Waals surface area contributed by atoms with Crippen molar-refractivity contribution in [2.75, 3.05) is 9.80 Å². The number of alkyl halides is 8. The molecule has 6 rings (SSSR count). The summed E-state index contributed by atoms with van der Waals surface area (Å²) in [6.45, 7) is -12.8. The van der Waals surface area contributed by atoms with Crippen LogP contribution in [-0.2, 0) is 13.1 Å². The van der Waals surface area contributed by atoms with Crippen LogP contribution < -0.4 is 28.7 Å². The number of hydrogen-bond acceptors (Lipinski definition) is 12. The zero-order valence-corrected chi connectivity index (χ0v) is 31.3. The van der Waals surface area contributed by atoms with E-state index in [2.05, 4.69) is 39.1 Å². The van der Waals surface area contributed by atoms with E-state index < -0.39 is 61.4 Å². The lowest BCUT2D eigenvalue weighted by Gasteiger charge is -2.26. The van der Waals surface area contributed by atoms with Crippen LogP contribution in [-0.4, -0.2) is 68.8 Å². The van der Waals surface area contributed by atoms with Gasteiger partial charge in [0.1, 0.15) is 6.33 Å². The minimum atomic E-state index is -3.28. The molecule has 0 unspecified atom stereocenters. The normalized spacial score (nSPS) is 10.9. The molecule has 4 aromatic carbocycles. The molecule has 2 aromatic heterocycles. The van der Waals surface area contributed by atoms with Crippen LogP contribution in [0.4, 0.5) is 57.9 Å². The molecule has 0 aliphatic heterocycles. The van der Waals surface area contributed by atoms with Gasteiger partial charge in [-0.3, -0.25) is 0 Å². The molecule has 0 amide bonds. The van der Waals surface area contributed by atoms with Crippen LogP contribution in [0.3, 0.4) is 0 Å². The van der Waals surface area contributed by atoms with Crippen molar-refractivity contribution < 1.29 is 73.9 Å². The zero-order valence-electron chi connectivity index (χ0n) is 31.3. The number of carboxylic acid groups (broad SMARTS) is 2. The lowest BCUT2D eigenvalue weighted by molar-refractivity contribution is -0.0692. The molecule has 2 N–H and O–H groups in total. The van der Waals surface area contributed by atoms with E-state index >= 15 is 0 Å². The van der Waals surface area contributed by atoms with Crippen molar-refractivity contribution in [1.29, 1.82) is 0 Å². The second kappa shape index (κ2) is 21.5. The van der Waals surface area contributed by atoms with E-state index in [9.17, 15) is 49.8 Å². The molecule has 0 saturated carbocycles. The maximum Gasteiger partial charge on any atom is 0.387 e. The molecular weight excluding hydrogens is 844 g/mol. The van der Waals surface area contributed by atoms with Gasteiger partial charge in [0.25, 0.3) is 0 Å². The van der Waals surface area contributed by atoms with E-state index in [1.807, 2.05) is 0 Å². The first-order chi connectivity index (χ1) is 29.7. The molecule has 0 spiro atoms. The van der Waals surface area contributed by atoms with Gasteiger partial charge in [0.05, 0.1) is 29.9 Å². The SMILES string of the molecule is O=C(O)c1ccc(N(Cc2cncnc2)c2ccc(OC(F)F)c(OC(F)F)c2)cc1.O=C(O)c1cccc(N(Cc2cccnn2)c2ccc(OC(F)F)c(OC(F)F)c2)c1. The van der Waals surface area contributed by atoms with Crippen LogP contribution in [0.1, 0.15) is 32.0 Å². The average molecular weight is 875 g/mol. The minimum Gasteiger partial charge on any atom is -0.478 e. The maximum absolute atomic E-state index is 12.8. The Kier molecular flexibility index (Phi) is 15.7. The third kappa shape index (κ3) is 13.1. The summed E-state index contributed by atoms with van der Waals surface area (Å²) >= 11 is 0. The lowest BCUT2D eigenvalue weighted by atomic mass is 10.1. The van der Waals surface area contributed by atoms with Gasteiger partial charge in [0.15, 0.2) is 23.0 Å². The third-order valence-corrected chi connectivity index (χ3v) is 8.08. The Bertz CT molecular complexity index is 2390. The van der Waals surface area contributed by atoms with Crippen LogP contribution in [0.25, 0.3) is 0 Å². The number of carbonyl (C=O) groups is 2. The third-order valence-electron chi connectivity index (χ3n) is 8.08. The fraction of sp³-hybridized carbons (Fsp3) is 0.150. The number of hydrogen-bond donors (Lipinski definition) is 2. The molecule has 0 saturated heterocycles. The van der Waals surface area contributed by atoms with Crippen molar-refractivity contribution >= 4 is 34.7 Å². The average Bonchev–Trinajstić information content (AvgIpc) is 3.23. The molecule has 22 heteroatoms. The standard InChI is InChI=1S/2C20H15F4N3O4/c21-19(22)30-16-6-5-15(7-17(16)31-20(23)24)27(10-12-8-25-11-26-9-12)14-3-1-13(2-4-14)18(28)29;21-19(22)30-16-7-6-15(10-17(16)31-20(23)24)27(11-13-4-2-8-25-26-13)14-5-1-3-12(9-14)18(28)29/h1-9,11,19-20H,10H2,(H,28,29);1-10,19-20H,11H2,(H,28,29). The van der Waals surface area contributed by atoms with Crippen LogP contribution in [0, 0.1) is 0 Å². The van der Waals surface area contributed by atoms with Crippen molar-refractivity contribution in [2.24, 2.45) is 0 Å². The molecule has 0 fully saturated rings. The summed E-state index contributed by atoms with van der Waals surface area (Å²) in [6, 6.07) is 22.0. The van der Waals surface area contributed by atoms with E-state index in [1.165, 1.54) is 79.5 Å². The van der Waals surface area contributed by atoms with Gasteiger partial charge in [0, 0.05) is 59.0 Å². The number of nitrogens with zero attached hydrogens (tertiary/aromatic N) is 6. The molecule has 0 aliphatic carbocycles. The highest BCUT2D eigenvalue weighted by Crippen LogP contribution is 2.39. The largest absolute Gasteiger partial charge is 0.478 e. The molecule has 6 aromatic rings. The first-order valence-corrected chi connectivity index (χ1v) is 17.5. The second-order valence-corrected chi connectivity index (χ2v) is 12.1. The summed E-state index contributed by atoms with van der Waals surface area (Å²) in [6.07, 6.45) is 5.87. The van der Waals surface area contributed by atoms with Crippen LogP contribution in [0.2, 0.25) is 0 Å². The van der Waals surface area contributed by atoms with Gasteiger partial charge >= 0.3 is 38.4 Å². The van der Waals surface area contributed by atoms with Gasteiger partial charge in [-0.05, 0) is 78.9 Å². The Morgan fingerprint density at radius 2 is 1.02 bits per heavy atom. The van der Waals surface area contributed by atoms with E-state index in [1.54, 1.807) is 28.0 Å². The van der Waals surface area contributed by atoms with E-state index in [0.29, 0.717) is 28.3 Å². The molecule has 324 valence electrons. The molecule has 62 heavy (non-hydrogen) atoms. The summed E-state index contributed by atoms with van der Waals surface area (Å²) in [7, 11) is 0. The lowest BCUT2D eigenvalue weighted by Crippen LogP contribution is -2.18. The first kappa shape index (κ1) is 45.3. The number of aromatic carboxylic acids is 2. The fourth-order valence-electron chi connectivity index (χ4n) is 5.52. The van der Waals surface area contributed by atoms with Crippen molar-refractivity contribution in [3.05, 3.63) is 144 Å². The summed E-state index contributed by atoms with van der Waals surface area (Å²) in [5.74, 6) is -4.59. The van der Waals surface area contributed by atoms with Gasteiger partial charge in [-0.15, -0.1) is 0 Å². The Morgan fingerprint density at radius 1 is 0.532 bits per heavy atom. The first-order valence-electron chi connectivity index (χ1n) is 17.5. The molecular formula is C40H30F8N6O8. The number of aromatic nitrogens is 4. The van der Waals surface area contributed by atoms with E-state index in [0.717, 1.165) is 24.3 Å².